The molecule has 18 heavy (non-hydrogen) atoms. The van der Waals surface area contributed by atoms with Crippen LogP contribution < -0.4 is 5.32 Å². The van der Waals surface area contributed by atoms with E-state index in [0.29, 0.717) is 0 Å². The highest BCUT2D eigenvalue weighted by Crippen LogP contribution is 2.24. The largest absolute Gasteiger partial charge is 0.322 e. The van der Waals surface area contributed by atoms with Crippen LogP contribution >= 0.6 is 0 Å². The SMILES string of the molecule is O=C(Nc1ccc(F)nc1F)C1CCCCCC1. The molecule has 1 aromatic heterocycles. The van der Waals surface area contributed by atoms with Crippen LogP contribution in [0.2, 0.25) is 0 Å². The van der Waals surface area contributed by atoms with Crippen molar-refractivity contribution in [3.63, 3.8) is 0 Å². The molecule has 0 saturated heterocycles. The fourth-order valence-electron chi connectivity index (χ4n) is 2.28. The summed E-state index contributed by atoms with van der Waals surface area (Å²) >= 11 is 0. The normalized spacial score (nSPS) is 17.2. The van der Waals surface area contributed by atoms with Gasteiger partial charge in [-0.3, -0.25) is 4.79 Å². The maximum atomic E-state index is 13.3. The van der Waals surface area contributed by atoms with E-state index >= 15 is 0 Å². The Bertz CT molecular complexity index is 429. The van der Waals surface area contributed by atoms with E-state index in [2.05, 4.69) is 10.3 Å². The average molecular weight is 254 g/mol. The molecule has 2 rings (SSSR count). The lowest BCUT2D eigenvalue weighted by Gasteiger charge is -2.14. The predicted molar refractivity (Wildman–Crippen MR) is 64.0 cm³/mol. The van der Waals surface area contributed by atoms with Crippen molar-refractivity contribution in [3.05, 3.63) is 24.0 Å². The van der Waals surface area contributed by atoms with Crippen LogP contribution in [0.15, 0.2) is 12.1 Å². The molecule has 1 fully saturated rings. The Morgan fingerprint density at radius 1 is 1.17 bits per heavy atom. The van der Waals surface area contributed by atoms with Gasteiger partial charge >= 0.3 is 0 Å². The molecule has 1 aliphatic carbocycles. The third-order valence-electron chi connectivity index (χ3n) is 3.30. The van der Waals surface area contributed by atoms with Crippen molar-refractivity contribution in [3.8, 4) is 0 Å². The van der Waals surface area contributed by atoms with Crippen molar-refractivity contribution in [2.75, 3.05) is 5.32 Å². The summed E-state index contributed by atoms with van der Waals surface area (Å²) in [7, 11) is 0. The molecule has 0 spiro atoms. The second-order valence-electron chi connectivity index (χ2n) is 4.65. The fourth-order valence-corrected chi connectivity index (χ4v) is 2.28. The van der Waals surface area contributed by atoms with Crippen molar-refractivity contribution in [2.24, 2.45) is 5.92 Å². The van der Waals surface area contributed by atoms with Crippen molar-refractivity contribution in [1.82, 2.24) is 4.98 Å². The molecule has 1 amide bonds. The van der Waals surface area contributed by atoms with Gasteiger partial charge in [-0.25, -0.2) is 0 Å². The average Bonchev–Trinajstić information content (AvgIpc) is 2.61. The molecule has 0 atom stereocenters. The van der Waals surface area contributed by atoms with Crippen LogP contribution in [0.4, 0.5) is 14.5 Å². The highest BCUT2D eigenvalue weighted by molar-refractivity contribution is 5.92. The van der Waals surface area contributed by atoms with Gasteiger partial charge < -0.3 is 5.32 Å². The smallest absolute Gasteiger partial charge is 0.239 e. The molecular formula is C13H16F2N2O. The number of pyridine rings is 1. The third kappa shape index (κ3) is 3.24. The zero-order valence-electron chi connectivity index (χ0n) is 10.1. The highest BCUT2D eigenvalue weighted by Gasteiger charge is 2.21. The van der Waals surface area contributed by atoms with Gasteiger partial charge in [0.15, 0.2) is 0 Å². The fraction of sp³-hybridized carbons (Fsp3) is 0.538. The maximum absolute atomic E-state index is 13.3. The lowest BCUT2D eigenvalue weighted by atomic mass is 9.99. The number of hydrogen-bond donors (Lipinski definition) is 1. The summed E-state index contributed by atoms with van der Waals surface area (Å²) in [6, 6.07) is 2.23. The molecule has 1 aliphatic rings. The standard InChI is InChI=1S/C13H16F2N2O/c14-11-8-7-10(12(15)17-11)16-13(18)9-5-3-1-2-4-6-9/h7-9H,1-6H2,(H,16,18). The predicted octanol–water partition coefficient (Wildman–Crippen LogP) is 3.27. The summed E-state index contributed by atoms with van der Waals surface area (Å²) in [4.78, 5) is 15.0. The minimum Gasteiger partial charge on any atom is -0.322 e. The number of amides is 1. The van der Waals surface area contributed by atoms with Gasteiger partial charge in [-0.15, -0.1) is 0 Å². The summed E-state index contributed by atoms with van der Waals surface area (Å²) in [6.45, 7) is 0. The van der Waals surface area contributed by atoms with Gasteiger partial charge in [-0.2, -0.15) is 13.8 Å². The van der Waals surface area contributed by atoms with Crippen LogP contribution in [0, 0.1) is 17.8 Å². The molecule has 0 unspecified atom stereocenters. The number of carbonyl (C=O) groups is 1. The Balaban J connectivity index is 2.01. The van der Waals surface area contributed by atoms with Gasteiger partial charge in [-0.05, 0) is 25.0 Å². The first-order valence-electron chi connectivity index (χ1n) is 6.30. The quantitative estimate of drug-likeness (QED) is 0.650. The van der Waals surface area contributed by atoms with Gasteiger partial charge in [0.05, 0.1) is 5.69 Å². The number of carbonyl (C=O) groups excluding carboxylic acids is 1. The monoisotopic (exact) mass is 254 g/mol. The lowest BCUT2D eigenvalue weighted by molar-refractivity contribution is -0.120. The van der Waals surface area contributed by atoms with E-state index in [1.54, 1.807) is 0 Å². The number of nitrogens with zero attached hydrogens (tertiary/aromatic N) is 1. The topological polar surface area (TPSA) is 42.0 Å². The number of rotatable bonds is 2. The number of halogens is 2. The van der Waals surface area contributed by atoms with Crippen molar-refractivity contribution in [1.29, 1.82) is 0 Å². The number of aromatic nitrogens is 1. The second-order valence-corrected chi connectivity index (χ2v) is 4.65. The van der Waals surface area contributed by atoms with Crippen LogP contribution in [0.25, 0.3) is 0 Å². The summed E-state index contributed by atoms with van der Waals surface area (Å²) in [5.74, 6) is -2.13. The highest BCUT2D eigenvalue weighted by atomic mass is 19.1. The Labute approximate surface area is 105 Å². The molecule has 3 nitrogen and oxygen atoms in total. The van der Waals surface area contributed by atoms with E-state index in [1.165, 1.54) is 6.07 Å². The molecule has 0 aliphatic heterocycles. The Morgan fingerprint density at radius 3 is 2.44 bits per heavy atom. The van der Waals surface area contributed by atoms with E-state index in [1.807, 2.05) is 0 Å². The molecule has 0 radical (unpaired) electrons. The van der Waals surface area contributed by atoms with Crippen LogP contribution in [0.5, 0.6) is 0 Å². The van der Waals surface area contributed by atoms with E-state index < -0.39 is 11.9 Å². The number of nitrogens with one attached hydrogen (secondary N) is 1. The van der Waals surface area contributed by atoms with Crippen molar-refractivity contribution < 1.29 is 13.6 Å². The summed E-state index contributed by atoms with van der Waals surface area (Å²) in [5, 5.41) is 2.49. The molecule has 0 aromatic carbocycles. The molecule has 98 valence electrons. The number of anilines is 1. The van der Waals surface area contributed by atoms with Crippen molar-refractivity contribution in [2.45, 2.75) is 38.5 Å². The van der Waals surface area contributed by atoms with Crippen LogP contribution in [-0.2, 0) is 4.79 Å². The number of hydrogen-bond acceptors (Lipinski definition) is 2. The molecule has 0 bridgehead atoms. The van der Waals surface area contributed by atoms with E-state index in [9.17, 15) is 13.6 Å². The summed E-state index contributed by atoms with van der Waals surface area (Å²) < 4.78 is 25.9. The summed E-state index contributed by atoms with van der Waals surface area (Å²) in [6.07, 6.45) is 6.03. The van der Waals surface area contributed by atoms with Crippen LogP contribution in [-0.4, -0.2) is 10.9 Å². The first kappa shape index (κ1) is 12.9. The summed E-state index contributed by atoms with van der Waals surface area (Å²) in [5.41, 5.74) is -0.0503. The zero-order valence-corrected chi connectivity index (χ0v) is 10.1. The molecule has 5 heteroatoms. The molecule has 1 heterocycles. The first-order valence-corrected chi connectivity index (χ1v) is 6.30. The molecular weight excluding hydrogens is 238 g/mol. The molecule has 1 aromatic rings. The zero-order chi connectivity index (χ0) is 13.0. The van der Waals surface area contributed by atoms with Gasteiger partial charge in [0.25, 0.3) is 0 Å². The third-order valence-corrected chi connectivity index (χ3v) is 3.30. The minimum absolute atomic E-state index is 0.0503. The van der Waals surface area contributed by atoms with E-state index in [0.717, 1.165) is 44.6 Å². The first-order chi connectivity index (χ1) is 8.66. The Hall–Kier alpha value is -1.52. The maximum Gasteiger partial charge on any atom is 0.239 e. The van der Waals surface area contributed by atoms with Crippen molar-refractivity contribution >= 4 is 11.6 Å². The Morgan fingerprint density at radius 2 is 1.83 bits per heavy atom. The van der Waals surface area contributed by atoms with Crippen LogP contribution in [0.3, 0.4) is 0 Å². The molecule has 1 N–H and O–H groups in total. The second kappa shape index (κ2) is 5.89. The minimum atomic E-state index is -0.975. The lowest BCUT2D eigenvalue weighted by Crippen LogP contribution is -2.23. The van der Waals surface area contributed by atoms with E-state index in [4.69, 9.17) is 0 Å². The van der Waals surface area contributed by atoms with Gasteiger partial charge in [-0.1, -0.05) is 25.7 Å². The van der Waals surface area contributed by atoms with Gasteiger partial charge in [0.2, 0.25) is 17.8 Å². The van der Waals surface area contributed by atoms with Crippen LogP contribution in [0.1, 0.15) is 38.5 Å². The Kier molecular flexibility index (Phi) is 4.23. The van der Waals surface area contributed by atoms with E-state index in [-0.39, 0.29) is 17.5 Å². The van der Waals surface area contributed by atoms with Gasteiger partial charge in [0.1, 0.15) is 0 Å². The molecule has 1 saturated carbocycles. The van der Waals surface area contributed by atoms with Gasteiger partial charge in [0, 0.05) is 5.92 Å².